The Morgan fingerprint density at radius 1 is 0.561 bits per heavy atom. The Hall–Kier alpha value is -1.62. The van der Waals surface area contributed by atoms with E-state index in [-0.39, 0.29) is 24.4 Å². The van der Waals surface area contributed by atoms with Crippen molar-refractivity contribution in [3.63, 3.8) is 0 Å². The summed E-state index contributed by atoms with van der Waals surface area (Å²) in [6, 6.07) is 0. The summed E-state index contributed by atoms with van der Waals surface area (Å²) in [5, 5.41) is 29.4. The molecule has 0 aliphatic carbocycles. The Morgan fingerprint density at radius 3 is 1.71 bits per heavy atom. The highest BCUT2D eigenvalue weighted by Crippen LogP contribution is 2.30. The molecule has 0 aliphatic heterocycles. The average Bonchev–Trinajstić information content (AvgIpc) is 2.94. The van der Waals surface area contributed by atoms with Gasteiger partial charge in [0.1, 0.15) is 0 Å². The Labute approximate surface area is 253 Å². The van der Waals surface area contributed by atoms with Crippen molar-refractivity contribution in [2.45, 2.75) is 180 Å². The molecule has 3 N–H and O–H groups in total. The zero-order valence-corrected chi connectivity index (χ0v) is 26.9. The maximum atomic E-state index is 12.3. The van der Waals surface area contributed by atoms with Gasteiger partial charge in [0.2, 0.25) is 0 Å². The first-order valence-electron chi connectivity index (χ1n) is 17.3. The zero-order valence-electron chi connectivity index (χ0n) is 26.9. The van der Waals surface area contributed by atoms with E-state index in [1.807, 2.05) is 0 Å². The lowest BCUT2D eigenvalue weighted by molar-refractivity contribution is -0.144. The smallest absolute Gasteiger partial charge is 0.306 e. The number of allylic oxidation sites excluding steroid dienone is 4. The third-order valence-corrected chi connectivity index (χ3v) is 8.33. The molecule has 0 aromatic rings. The molecule has 240 valence electrons. The van der Waals surface area contributed by atoms with Gasteiger partial charge in [0.15, 0.2) is 0 Å². The molecule has 0 rings (SSSR count). The van der Waals surface area contributed by atoms with E-state index < -0.39 is 11.9 Å². The van der Waals surface area contributed by atoms with Crippen LogP contribution >= 0.6 is 0 Å². The lowest BCUT2D eigenvalue weighted by atomic mass is 9.80. The fourth-order valence-corrected chi connectivity index (χ4v) is 5.68. The van der Waals surface area contributed by atoms with Crippen LogP contribution in [0.4, 0.5) is 0 Å². The van der Waals surface area contributed by atoms with Crippen molar-refractivity contribution >= 4 is 11.9 Å². The van der Waals surface area contributed by atoms with Crippen LogP contribution in [0.3, 0.4) is 0 Å². The summed E-state index contributed by atoms with van der Waals surface area (Å²) >= 11 is 0. The predicted octanol–water partition coefficient (Wildman–Crippen LogP) is 10.7. The monoisotopic (exact) mass is 578 g/mol. The van der Waals surface area contributed by atoms with Crippen molar-refractivity contribution in [1.29, 1.82) is 0 Å². The van der Waals surface area contributed by atoms with Crippen LogP contribution in [0.1, 0.15) is 174 Å². The number of carboxylic acid groups (broad SMARTS) is 2. The molecule has 3 unspecified atom stereocenters. The Balaban J connectivity index is 4.50. The van der Waals surface area contributed by atoms with Crippen molar-refractivity contribution < 1.29 is 24.9 Å². The van der Waals surface area contributed by atoms with Gasteiger partial charge >= 0.3 is 11.9 Å². The number of carboxylic acids is 2. The maximum Gasteiger partial charge on any atom is 0.306 e. The first-order chi connectivity index (χ1) is 19.9. The van der Waals surface area contributed by atoms with E-state index in [4.69, 9.17) is 5.11 Å². The van der Waals surface area contributed by atoms with E-state index in [1.165, 1.54) is 38.5 Å². The molecule has 0 spiro atoms. The van der Waals surface area contributed by atoms with Crippen molar-refractivity contribution in [2.75, 3.05) is 0 Å². The van der Waals surface area contributed by atoms with Crippen LogP contribution in [0.25, 0.3) is 0 Å². The van der Waals surface area contributed by atoms with Crippen LogP contribution in [0.2, 0.25) is 0 Å². The molecule has 0 fully saturated rings. The lowest BCUT2D eigenvalue weighted by Gasteiger charge is -2.25. The highest BCUT2D eigenvalue weighted by Gasteiger charge is 2.27. The number of aliphatic hydroxyl groups excluding tert-OH is 1. The molecule has 0 aromatic heterocycles. The standard InChI is InChI=1S/C36H66O5/c1-3-5-7-9-10-11-12-13-14-15-16-17-20-24-28-34(36(40)41)32(26-22-19-18-21-25-29-35(38)39)30-31-33(37)27-23-8-6-4-2/h10-11,13-14,32-34,37H,3-9,12,15-31H2,1-2H3,(H,38,39)(H,40,41)/b11-10-,14-13-. The number of aliphatic carboxylic acids is 2. The minimum absolute atomic E-state index is 0.106. The quantitative estimate of drug-likeness (QED) is 0.0562. The van der Waals surface area contributed by atoms with Crippen LogP contribution in [-0.4, -0.2) is 33.4 Å². The summed E-state index contributed by atoms with van der Waals surface area (Å²) in [4.78, 5) is 23.0. The number of unbranched alkanes of at least 4 members (excludes halogenated alkanes) is 14. The molecule has 41 heavy (non-hydrogen) atoms. The fourth-order valence-electron chi connectivity index (χ4n) is 5.68. The van der Waals surface area contributed by atoms with Gasteiger partial charge in [-0.1, -0.05) is 122 Å². The van der Waals surface area contributed by atoms with Gasteiger partial charge in [-0.15, -0.1) is 0 Å². The maximum absolute atomic E-state index is 12.3. The largest absolute Gasteiger partial charge is 0.481 e. The van der Waals surface area contributed by atoms with Crippen molar-refractivity contribution in [1.82, 2.24) is 0 Å². The summed E-state index contributed by atoms with van der Waals surface area (Å²) in [7, 11) is 0. The average molecular weight is 579 g/mol. The third kappa shape index (κ3) is 27.0. The van der Waals surface area contributed by atoms with Gasteiger partial charge in [0.05, 0.1) is 12.0 Å². The van der Waals surface area contributed by atoms with E-state index >= 15 is 0 Å². The van der Waals surface area contributed by atoms with Crippen LogP contribution in [-0.2, 0) is 9.59 Å². The summed E-state index contributed by atoms with van der Waals surface area (Å²) in [5.41, 5.74) is 0. The van der Waals surface area contributed by atoms with E-state index in [0.717, 1.165) is 103 Å². The van der Waals surface area contributed by atoms with Gasteiger partial charge < -0.3 is 15.3 Å². The SMILES string of the molecule is CCCCC/C=C\C/C=C\CCCCCCC(C(=O)O)C(CCCCCCCC(=O)O)CCC(O)CCCCCC. The highest BCUT2D eigenvalue weighted by molar-refractivity contribution is 5.70. The summed E-state index contributed by atoms with van der Waals surface area (Å²) in [6.45, 7) is 4.42. The van der Waals surface area contributed by atoms with Gasteiger partial charge in [0, 0.05) is 6.42 Å². The molecule has 0 saturated carbocycles. The van der Waals surface area contributed by atoms with Crippen molar-refractivity contribution in [2.24, 2.45) is 11.8 Å². The Bertz CT molecular complexity index is 656. The molecule has 0 aliphatic rings. The van der Waals surface area contributed by atoms with Gasteiger partial charge in [-0.25, -0.2) is 0 Å². The molecule has 0 aromatic carbocycles. The van der Waals surface area contributed by atoms with Gasteiger partial charge in [-0.3, -0.25) is 9.59 Å². The number of carbonyl (C=O) groups is 2. The second-order valence-corrected chi connectivity index (χ2v) is 12.2. The second-order valence-electron chi connectivity index (χ2n) is 12.2. The zero-order chi connectivity index (χ0) is 30.4. The molecule has 3 atom stereocenters. The molecule has 0 radical (unpaired) electrons. The molecule has 0 heterocycles. The molecular weight excluding hydrogens is 512 g/mol. The summed E-state index contributed by atoms with van der Waals surface area (Å²) < 4.78 is 0. The minimum atomic E-state index is -0.736. The predicted molar refractivity (Wildman–Crippen MR) is 173 cm³/mol. The first kappa shape index (κ1) is 39.4. The van der Waals surface area contributed by atoms with E-state index in [0.29, 0.717) is 12.8 Å². The molecule has 0 amide bonds. The van der Waals surface area contributed by atoms with Crippen LogP contribution in [0.5, 0.6) is 0 Å². The number of rotatable bonds is 31. The molecular formula is C36H66O5. The third-order valence-electron chi connectivity index (χ3n) is 8.33. The van der Waals surface area contributed by atoms with Gasteiger partial charge in [0.25, 0.3) is 0 Å². The van der Waals surface area contributed by atoms with Gasteiger partial charge in [-0.2, -0.15) is 0 Å². The minimum Gasteiger partial charge on any atom is -0.481 e. The highest BCUT2D eigenvalue weighted by atomic mass is 16.4. The van der Waals surface area contributed by atoms with Gasteiger partial charge in [-0.05, 0) is 76.5 Å². The summed E-state index contributed by atoms with van der Waals surface area (Å²) in [5.74, 6) is -1.65. The Morgan fingerprint density at radius 2 is 1.07 bits per heavy atom. The van der Waals surface area contributed by atoms with Crippen molar-refractivity contribution in [3.8, 4) is 0 Å². The number of aliphatic hydroxyl groups is 1. The molecule has 0 bridgehead atoms. The molecule has 5 nitrogen and oxygen atoms in total. The normalized spacial score (nSPS) is 14.1. The Kier molecular flexibility index (Phi) is 28.7. The molecule has 5 heteroatoms. The molecule has 0 saturated heterocycles. The summed E-state index contributed by atoms with van der Waals surface area (Å²) in [6.07, 6.45) is 33.6. The number of hydrogen-bond acceptors (Lipinski definition) is 3. The van der Waals surface area contributed by atoms with E-state index in [9.17, 15) is 19.8 Å². The fraction of sp³-hybridized carbons (Fsp3) is 0.833. The van der Waals surface area contributed by atoms with Crippen LogP contribution in [0.15, 0.2) is 24.3 Å². The first-order valence-corrected chi connectivity index (χ1v) is 17.3. The van der Waals surface area contributed by atoms with E-state index in [1.54, 1.807) is 0 Å². The topological polar surface area (TPSA) is 94.8 Å². The second kappa shape index (κ2) is 29.9. The van der Waals surface area contributed by atoms with E-state index in [2.05, 4.69) is 38.2 Å². The van der Waals surface area contributed by atoms with Crippen LogP contribution in [0, 0.1) is 11.8 Å². The van der Waals surface area contributed by atoms with Crippen molar-refractivity contribution in [3.05, 3.63) is 24.3 Å². The van der Waals surface area contributed by atoms with Crippen LogP contribution < -0.4 is 0 Å². The number of hydrogen-bond donors (Lipinski definition) is 3. The lowest BCUT2D eigenvalue weighted by Crippen LogP contribution is -2.25.